The van der Waals surface area contributed by atoms with Gasteiger partial charge in [0.05, 0.1) is 3.74 Å². The summed E-state index contributed by atoms with van der Waals surface area (Å²) in [6, 6.07) is 8.23. The number of benzene rings is 1. The SMILES string of the molecule is CC1(C)COB(c2ccc(C(Br)Br)cc2)OC1. The van der Waals surface area contributed by atoms with Gasteiger partial charge in [0.15, 0.2) is 0 Å². The molecule has 2 nitrogen and oxygen atoms in total. The maximum Gasteiger partial charge on any atom is 0.493 e. The van der Waals surface area contributed by atoms with Crippen LogP contribution >= 0.6 is 31.9 Å². The van der Waals surface area contributed by atoms with Crippen LogP contribution < -0.4 is 5.46 Å². The molecule has 1 fully saturated rings. The third-order valence-corrected chi connectivity index (χ3v) is 3.77. The molecule has 0 N–H and O–H groups in total. The lowest BCUT2D eigenvalue weighted by Gasteiger charge is -2.33. The lowest BCUT2D eigenvalue weighted by atomic mass is 9.76. The summed E-state index contributed by atoms with van der Waals surface area (Å²) < 4.78 is 11.7. The van der Waals surface area contributed by atoms with Crippen LogP contribution in [0.4, 0.5) is 0 Å². The maximum absolute atomic E-state index is 5.73. The van der Waals surface area contributed by atoms with E-state index in [1.807, 2.05) is 12.1 Å². The Morgan fingerprint density at radius 1 is 1.12 bits per heavy atom. The van der Waals surface area contributed by atoms with Crippen molar-refractivity contribution < 1.29 is 9.31 Å². The van der Waals surface area contributed by atoms with E-state index in [4.69, 9.17) is 9.31 Å². The topological polar surface area (TPSA) is 18.5 Å². The number of alkyl halides is 2. The Morgan fingerprint density at radius 2 is 1.65 bits per heavy atom. The van der Waals surface area contributed by atoms with E-state index in [0.29, 0.717) is 0 Å². The summed E-state index contributed by atoms with van der Waals surface area (Å²) in [5, 5.41) is 0. The molecule has 0 bridgehead atoms. The van der Waals surface area contributed by atoms with Gasteiger partial charge in [0.1, 0.15) is 0 Å². The Kier molecular flexibility index (Phi) is 4.34. The Balaban J connectivity index is 2.04. The monoisotopic (exact) mass is 360 g/mol. The summed E-state index contributed by atoms with van der Waals surface area (Å²) in [6.45, 7) is 5.76. The summed E-state index contributed by atoms with van der Waals surface area (Å²) >= 11 is 6.94. The molecule has 1 aromatic rings. The zero-order valence-corrected chi connectivity index (χ0v) is 13.1. The van der Waals surface area contributed by atoms with Crippen molar-refractivity contribution in [2.75, 3.05) is 13.2 Å². The summed E-state index contributed by atoms with van der Waals surface area (Å²) in [7, 11) is -0.221. The highest BCUT2D eigenvalue weighted by Gasteiger charge is 2.33. The van der Waals surface area contributed by atoms with Crippen LogP contribution in [0.25, 0.3) is 0 Å². The Bertz CT molecular complexity index is 369. The fourth-order valence-electron chi connectivity index (χ4n) is 1.68. The van der Waals surface area contributed by atoms with Gasteiger partial charge in [0.2, 0.25) is 0 Å². The van der Waals surface area contributed by atoms with E-state index < -0.39 is 0 Å². The third-order valence-electron chi connectivity index (χ3n) is 2.71. The molecule has 0 spiro atoms. The molecule has 1 aliphatic heterocycles. The lowest BCUT2D eigenvalue weighted by molar-refractivity contribution is 0.0343. The summed E-state index contributed by atoms with van der Waals surface area (Å²) in [4.78, 5) is 0. The molecule has 5 heteroatoms. The van der Waals surface area contributed by atoms with Crippen molar-refractivity contribution in [2.24, 2.45) is 5.41 Å². The van der Waals surface area contributed by atoms with Gasteiger partial charge in [-0.2, -0.15) is 0 Å². The number of rotatable bonds is 2. The third kappa shape index (κ3) is 3.56. The Hall–Kier alpha value is 0.165. The first kappa shape index (κ1) is 13.6. The van der Waals surface area contributed by atoms with Crippen molar-refractivity contribution in [1.82, 2.24) is 0 Å². The van der Waals surface area contributed by atoms with Gasteiger partial charge >= 0.3 is 7.12 Å². The average molecular weight is 362 g/mol. The zero-order valence-electron chi connectivity index (χ0n) is 9.95. The fourth-order valence-corrected chi connectivity index (χ4v) is 2.29. The van der Waals surface area contributed by atoms with Crippen LogP contribution in [-0.4, -0.2) is 20.3 Å². The maximum atomic E-state index is 5.73. The van der Waals surface area contributed by atoms with Crippen molar-refractivity contribution in [3.63, 3.8) is 0 Å². The second kappa shape index (κ2) is 5.43. The van der Waals surface area contributed by atoms with Crippen LogP contribution in [0.2, 0.25) is 0 Å². The molecule has 17 heavy (non-hydrogen) atoms. The van der Waals surface area contributed by atoms with Gasteiger partial charge in [-0.15, -0.1) is 0 Å². The first-order valence-electron chi connectivity index (χ1n) is 5.59. The predicted octanol–water partition coefficient (Wildman–Crippen LogP) is 3.24. The molecule has 1 saturated heterocycles. The first-order chi connectivity index (χ1) is 7.98. The molecule has 92 valence electrons. The van der Waals surface area contributed by atoms with Gasteiger partial charge in [-0.3, -0.25) is 0 Å². The second-order valence-electron chi connectivity index (χ2n) is 5.09. The van der Waals surface area contributed by atoms with Crippen molar-refractivity contribution in [3.8, 4) is 0 Å². The number of halogens is 2. The van der Waals surface area contributed by atoms with Crippen molar-refractivity contribution >= 4 is 44.4 Å². The van der Waals surface area contributed by atoms with Gasteiger partial charge in [0.25, 0.3) is 0 Å². The zero-order chi connectivity index (χ0) is 12.5. The molecule has 1 aromatic carbocycles. The van der Waals surface area contributed by atoms with E-state index in [9.17, 15) is 0 Å². The molecule has 2 rings (SSSR count). The van der Waals surface area contributed by atoms with E-state index in [0.717, 1.165) is 18.7 Å². The van der Waals surface area contributed by atoms with Crippen molar-refractivity contribution in [2.45, 2.75) is 17.6 Å². The second-order valence-corrected chi connectivity index (χ2v) is 8.15. The minimum Gasteiger partial charge on any atom is -0.407 e. The fraction of sp³-hybridized carbons (Fsp3) is 0.500. The average Bonchev–Trinajstić information content (AvgIpc) is 2.29. The van der Waals surface area contributed by atoms with Crippen LogP contribution in [0.15, 0.2) is 24.3 Å². The smallest absolute Gasteiger partial charge is 0.407 e. The molecule has 0 amide bonds. The van der Waals surface area contributed by atoms with Gasteiger partial charge in [-0.25, -0.2) is 0 Å². The number of hydrogen-bond donors (Lipinski definition) is 0. The van der Waals surface area contributed by atoms with E-state index in [2.05, 4.69) is 57.8 Å². The quantitative estimate of drug-likeness (QED) is 0.594. The van der Waals surface area contributed by atoms with Crippen LogP contribution in [0, 0.1) is 5.41 Å². The predicted molar refractivity (Wildman–Crippen MR) is 78.1 cm³/mol. The molecule has 0 aromatic heterocycles. The number of hydrogen-bond acceptors (Lipinski definition) is 2. The van der Waals surface area contributed by atoms with Gasteiger partial charge < -0.3 is 9.31 Å². The largest absolute Gasteiger partial charge is 0.493 e. The van der Waals surface area contributed by atoms with Gasteiger partial charge in [0, 0.05) is 18.6 Å². The summed E-state index contributed by atoms with van der Waals surface area (Å²) in [5.74, 6) is 0. The molecular weight excluding hydrogens is 347 g/mol. The van der Waals surface area contributed by atoms with Crippen LogP contribution in [0.1, 0.15) is 23.1 Å². The van der Waals surface area contributed by atoms with E-state index in [1.165, 1.54) is 5.56 Å². The molecule has 0 unspecified atom stereocenters. The molecule has 1 aliphatic rings. The van der Waals surface area contributed by atoms with E-state index in [-0.39, 0.29) is 16.3 Å². The normalized spacial score (nSPS) is 19.7. The van der Waals surface area contributed by atoms with E-state index >= 15 is 0 Å². The highest BCUT2D eigenvalue weighted by atomic mass is 79.9. The highest BCUT2D eigenvalue weighted by Crippen LogP contribution is 2.28. The summed E-state index contributed by atoms with van der Waals surface area (Å²) in [6.07, 6.45) is 0. The Morgan fingerprint density at radius 3 is 2.12 bits per heavy atom. The standard InChI is InChI=1S/C12H15BBr2O2/c1-12(2)7-16-13(17-8-12)10-5-3-9(4-6-10)11(14)15/h3-6,11H,7-8H2,1-2H3. The molecule has 0 saturated carbocycles. The van der Waals surface area contributed by atoms with Crippen molar-refractivity contribution in [1.29, 1.82) is 0 Å². The van der Waals surface area contributed by atoms with Crippen LogP contribution in [0.3, 0.4) is 0 Å². The molecule has 0 atom stereocenters. The molecule has 0 aliphatic carbocycles. The molecule has 0 radical (unpaired) electrons. The minimum atomic E-state index is -0.221. The summed E-state index contributed by atoms with van der Waals surface area (Å²) in [5.41, 5.74) is 2.38. The van der Waals surface area contributed by atoms with Crippen LogP contribution in [-0.2, 0) is 9.31 Å². The first-order valence-corrected chi connectivity index (χ1v) is 7.42. The van der Waals surface area contributed by atoms with Gasteiger partial charge in [-0.1, -0.05) is 70.0 Å². The lowest BCUT2D eigenvalue weighted by Crippen LogP contribution is -2.47. The van der Waals surface area contributed by atoms with E-state index in [1.54, 1.807) is 0 Å². The van der Waals surface area contributed by atoms with Gasteiger partial charge in [-0.05, 0) is 11.0 Å². The highest BCUT2D eigenvalue weighted by molar-refractivity contribution is 9.24. The van der Waals surface area contributed by atoms with Crippen molar-refractivity contribution in [3.05, 3.63) is 29.8 Å². The molecule has 1 heterocycles. The molecular formula is C12H15BBr2O2. The minimum absolute atomic E-state index is 0.118. The van der Waals surface area contributed by atoms with Crippen LogP contribution in [0.5, 0.6) is 0 Å². The Labute approximate surface area is 119 Å².